The van der Waals surface area contributed by atoms with E-state index in [9.17, 15) is 4.79 Å². The fourth-order valence-corrected chi connectivity index (χ4v) is 20.0. The average Bonchev–Trinajstić information content (AvgIpc) is 2.92. The third-order valence-electron chi connectivity index (χ3n) is 16.4. The highest BCUT2D eigenvalue weighted by Gasteiger charge is 2.34. The van der Waals surface area contributed by atoms with Gasteiger partial charge in [0.15, 0.2) is 11.5 Å². The molecular weight excluding hydrogens is 1160 g/mol. The summed E-state index contributed by atoms with van der Waals surface area (Å²) >= 11 is 11.6. The van der Waals surface area contributed by atoms with Crippen LogP contribution in [0.15, 0.2) is 49.0 Å². The molecule has 1 atom stereocenters. The van der Waals surface area contributed by atoms with Crippen LogP contribution < -0.4 is 19.6 Å². The molecule has 13 heteroatoms. The fraction of sp³-hybridized carbons (Fsp3) is 0.792. The minimum absolute atomic E-state index is 0.231. The van der Waals surface area contributed by atoms with Gasteiger partial charge in [0.25, 0.3) is 5.91 Å². The number of carbonyl (C=O) groups excluding carboxylic acids is 1. The lowest BCUT2D eigenvalue weighted by Gasteiger charge is -2.19. The fourth-order valence-electron chi connectivity index (χ4n) is 10.9. The Labute approximate surface area is 548 Å². The van der Waals surface area contributed by atoms with Crippen molar-refractivity contribution in [3.63, 3.8) is 0 Å². The first kappa shape index (κ1) is 76.2. The molecule has 0 saturated carbocycles. The number of nitrogens with zero attached hydrogens (tertiary/aromatic N) is 2. The van der Waals surface area contributed by atoms with Crippen LogP contribution in [-0.2, 0) is 0 Å². The number of benzene rings is 1. The Balaban J connectivity index is 1.37. The second-order valence-corrected chi connectivity index (χ2v) is 31.7. The molecule has 4 rings (SSSR count). The maximum atomic E-state index is 14.2. The standard InChI is InChI=1S/C72H123N3O4S6/c1-6-11-16-19-22-25-28-31-34-37-40-43-46-49-52-77-63-57-61(68(76)75-74-59-62-67-65(60-73-62)82-71(83-67)72-84-69(80-55-14-9-4)70(85-72)81-56-15-10-5)58-64(78-53-50-47-44-41-38-35-32-29-26-23-20-17-12-7-2)66(63)79-54-51-48-45-42-39-36-33-30-27-24-21-18-13-8-3/h57-60,62H,6-56H2,1-5H3,(H,75,76)/b74-59+. The summed E-state index contributed by atoms with van der Waals surface area (Å²) in [5, 5.41) is 4.57. The van der Waals surface area contributed by atoms with E-state index in [4.69, 9.17) is 19.2 Å². The van der Waals surface area contributed by atoms with Gasteiger partial charge >= 0.3 is 0 Å². The third-order valence-corrected chi connectivity index (χ3v) is 25.2. The highest BCUT2D eigenvalue weighted by molar-refractivity contribution is 8.42. The number of aliphatic imine (C=N–C) groups is 1. The van der Waals surface area contributed by atoms with Gasteiger partial charge < -0.3 is 14.2 Å². The van der Waals surface area contributed by atoms with Gasteiger partial charge in [-0.15, -0.1) is 23.5 Å². The van der Waals surface area contributed by atoms with Crippen molar-refractivity contribution >= 4 is 88.9 Å². The van der Waals surface area contributed by atoms with Gasteiger partial charge in [-0.1, -0.05) is 345 Å². The number of thioether (sulfide) groups is 6. The largest absolute Gasteiger partial charge is 0.490 e. The molecule has 0 radical (unpaired) electrons. The number of hydrazone groups is 1. The first-order valence-corrected chi connectivity index (χ1v) is 40.9. The van der Waals surface area contributed by atoms with E-state index in [0.717, 1.165) is 38.5 Å². The summed E-state index contributed by atoms with van der Waals surface area (Å²) < 4.78 is 25.7. The number of amides is 1. The number of carbonyl (C=O) groups is 1. The van der Waals surface area contributed by atoms with Crippen molar-refractivity contribution in [3.8, 4) is 17.2 Å². The van der Waals surface area contributed by atoms with E-state index in [-0.39, 0.29) is 11.9 Å². The van der Waals surface area contributed by atoms with E-state index in [1.807, 2.05) is 88.9 Å². The molecule has 0 saturated heterocycles. The summed E-state index contributed by atoms with van der Waals surface area (Å²) in [6, 6.07) is 3.49. The molecule has 0 aromatic heterocycles. The summed E-state index contributed by atoms with van der Waals surface area (Å²) in [5.41, 5.74) is 3.35. The van der Waals surface area contributed by atoms with Crippen LogP contribution in [0.25, 0.3) is 0 Å². The Morgan fingerprint density at radius 2 is 0.776 bits per heavy atom. The van der Waals surface area contributed by atoms with Crippen LogP contribution in [0.3, 0.4) is 0 Å². The monoisotopic (exact) mass is 1290 g/mol. The molecular formula is C72H123N3O4S6. The summed E-state index contributed by atoms with van der Waals surface area (Å²) in [4.78, 5) is 21.4. The molecule has 1 N–H and O–H groups in total. The summed E-state index contributed by atoms with van der Waals surface area (Å²) in [6.45, 7) is 13.2. The van der Waals surface area contributed by atoms with E-state index >= 15 is 0 Å². The van der Waals surface area contributed by atoms with Crippen LogP contribution in [0.5, 0.6) is 17.2 Å². The first-order valence-electron chi connectivity index (χ1n) is 35.7. The highest BCUT2D eigenvalue weighted by Crippen LogP contribution is 2.64. The zero-order valence-corrected chi connectivity index (χ0v) is 59.8. The predicted molar refractivity (Wildman–Crippen MR) is 388 cm³/mol. The third kappa shape index (κ3) is 35.8. The minimum Gasteiger partial charge on any atom is -0.490 e. The second-order valence-electron chi connectivity index (χ2n) is 24.3. The maximum Gasteiger partial charge on any atom is 0.271 e. The van der Waals surface area contributed by atoms with Crippen molar-refractivity contribution < 1.29 is 19.0 Å². The number of hydrogen-bond acceptors (Lipinski definition) is 12. The van der Waals surface area contributed by atoms with Gasteiger partial charge in [-0.3, -0.25) is 9.79 Å². The van der Waals surface area contributed by atoms with E-state index in [0.29, 0.717) is 42.6 Å². The van der Waals surface area contributed by atoms with Gasteiger partial charge in [0.05, 0.1) is 43.0 Å². The van der Waals surface area contributed by atoms with E-state index in [1.54, 1.807) is 6.21 Å². The topological polar surface area (TPSA) is 81.5 Å². The van der Waals surface area contributed by atoms with Crippen LogP contribution in [0.1, 0.15) is 340 Å². The normalized spacial score (nSPS) is 15.0. The van der Waals surface area contributed by atoms with Gasteiger partial charge in [0, 0.05) is 21.6 Å². The molecule has 85 heavy (non-hydrogen) atoms. The van der Waals surface area contributed by atoms with Gasteiger partial charge in [0.1, 0.15) is 6.04 Å². The smallest absolute Gasteiger partial charge is 0.271 e. The van der Waals surface area contributed by atoms with Crippen molar-refractivity contribution in [1.82, 2.24) is 5.43 Å². The molecule has 0 aliphatic carbocycles. The number of unbranched alkanes of at least 4 members (excludes halogenated alkanes) is 41. The maximum absolute atomic E-state index is 14.2. The average molecular weight is 1290 g/mol. The van der Waals surface area contributed by atoms with Gasteiger partial charge in [-0.2, -0.15) is 5.10 Å². The Morgan fingerprint density at radius 1 is 0.447 bits per heavy atom. The van der Waals surface area contributed by atoms with E-state index < -0.39 is 0 Å². The molecule has 7 nitrogen and oxygen atoms in total. The molecule has 1 unspecified atom stereocenters. The van der Waals surface area contributed by atoms with Crippen LogP contribution in [-0.4, -0.2) is 55.7 Å². The van der Waals surface area contributed by atoms with Crippen molar-refractivity contribution in [2.45, 2.75) is 336 Å². The molecule has 1 aromatic rings. The molecule has 1 aromatic carbocycles. The quantitative estimate of drug-likeness (QED) is 0.0387. The minimum atomic E-state index is -0.295. The lowest BCUT2D eigenvalue weighted by Crippen LogP contribution is -2.20. The number of nitrogens with one attached hydrogen (secondary N) is 1. The second kappa shape index (κ2) is 53.4. The van der Waals surface area contributed by atoms with Crippen molar-refractivity contribution in [3.05, 3.63) is 44.5 Å². The molecule has 486 valence electrons. The van der Waals surface area contributed by atoms with Crippen LogP contribution in [0, 0.1) is 0 Å². The number of allylic oxidation sites excluding steroid dienone is 1. The Hall–Kier alpha value is -1.25. The summed E-state index contributed by atoms with van der Waals surface area (Å²) in [7, 11) is 0. The summed E-state index contributed by atoms with van der Waals surface area (Å²) in [5.74, 6) is 3.88. The zero-order valence-electron chi connectivity index (χ0n) is 54.9. The van der Waals surface area contributed by atoms with Crippen molar-refractivity contribution in [1.29, 1.82) is 0 Å². The number of hydrogen-bond donors (Lipinski definition) is 1. The van der Waals surface area contributed by atoms with Crippen molar-refractivity contribution in [2.75, 3.05) is 31.3 Å². The molecule has 1 amide bonds. The van der Waals surface area contributed by atoms with Gasteiger partial charge in [-0.25, -0.2) is 5.43 Å². The SMILES string of the molecule is CCCCCCCCCCCCCCCCOc1cc(C(=O)N/N=C/C2N=CC3=C2SC(=C2SC(SCCCC)=C(SCCCC)S2)S3)cc(OCCCCCCCCCCCCCCCC)c1OCCCCCCCCCCCCCCCC. The van der Waals surface area contributed by atoms with Crippen LogP contribution in [0.4, 0.5) is 0 Å². The molecule has 0 fully saturated rings. The predicted octanol–water partition coefficient (Wildman–Crippen LogP) is 25.9. The lowest BCUT2D eigenvalue weighted by atomic mass is 10.0. The van der Waals surface area contributed by atoms with Crippen molar-refractivity contribution in [2.24, 2.45) is 10.1 Å². The van der Waals surface area contributed by atoms with Crippen LogP contribution in [0.2, 0.25) is 0 Å². The number of ether oxygens (including phenoxy) is 3. The number of rotatable bonds is 59. The first-order chi connectivity index (χ1) is 42.0. The van der Waals surface area contributed by atoms with Crippen LogP contribution >= 0.6 is 70.6 Å². The Kier molecular flexibility index (Phi) is 47.9. The Bertz CT molecular complexity index is 1950. The molecule has 0 bridgehead atoms. The summed E-state index contributed by atoms with van der Waals surface area (Å²) in [6.07, 6.45) is 64.0. The highest BCUT2D eigenvalue weighted by atomic mass is 32.3. The molecule has 3 aliphatic rings. The molecule has 3 heterocycles. The zero-order chi connectivity index (χ0) is 60.3. The molecule has 0 spiro atoms. The molecule has 3 aliphatic heterocycles. The Morgan fingerprint density at radius 3 is 1.14 bits per heavy atom. The van der Waals surface area contributed by atoms with E-state index in [1.165, 1.54) is 295 Å². The lowest BCUT2D eigenvalue weighted by molar-refractivity contribution is 0.0953. The van der Waals surface area contributed by atoms with Gasteiger partial charge in [-0.05, 0) is 55.7 Å². The van der Waals surface area contributed by atoms with Gasteiger partial charge in [0.2, 0.25) is 5.75 Å². The van der Waals surface area contributed by atoms with E-state index in [2.05, 4.69) is 45.1 Å².